The van der Waals surface area contributed by atoms with Crippen molar-refractivity contribution in [2.45, 2.75) is 19.5 Å². The van der Waals surface area contributed by atoms with Gasteiger partial charge in [0.25, 0.3) is 10.2 Å². The van der Waals surface area contributed by atoms with Crippen molar-refractivity contribution >= 4 is 10.2 Å². The van der Waals surface area contributed by atoms with E-state index in [2.05, 4.69) is 16.0 Å². The maximum Gasteiger partial charge on any atom is 0.277 e. The first-order chi connectivity index (χ1) is 10.6. The minimum atomic E-state index is -3.54. The van der Waals surface area contributed by atoms with Crippen molar-refractivity contribution in [3.8, 4) is 0 Å². The van der Waals surface area contributed by atoms with Crippen LogP contribution in [0.3, 0.4) is 0 Å². The first-order valence-electron chi connectivity index (χ1n) is 7.06. The molecule has 0 radical (unpaired) electrons. The van der Waals surface area contributed by atoms with Crippen LogP contribution in [-0.2, 0) is 29.7 Å². The molecule has 0 amide bonds. The zero-order chi connectivity index (χ0) is 15.8. The van der Waals surface area contributed by atoms with E-state index in [4.69, 9.17) is 0 Å². The van der Waals surface area contributed by atoms with Crippen LogP contribution >= 0.6 is 0 Å². The Bertz CT molecular complexity index is 712. The summed E-state index contributed by atoms with van der Waals surface area (Å²) in [5.74, 6) is 0. The smallest absolute Gasteiger partial charge is 0.198 e. The molecule has 0 unspecified atom stereocenters. The minimum absolute atomic E-state index is 0.258. The van der Waals surface area contributed by atoms with Gasteiger partial charge < -0.3 is 0 Å². The standard InChI is InChI=1S/C17H20N2O2S/c1-2-8-16-11-6-7-12-17(16)14-19-22(20,21)18-13-15-9-4-3-5-10-15/h2-7,9-12,18-19H,1,8,13-14H2. The van der Waals surface area contributed by atoms with E-state index in [1.54, 1.807) is 6.08 Å². The second kappa shape index (κ2) is 7.89. The summed E-state index contributed by atoms with van der Waals surface area (Å²) < 4.78 is 29.1. The van der Waals surface area contributed by atoms with Gasteiger partial charge in [-0.05, 0) is 23.1 Å². The number of rotatable bonds is 8. The Labute approximate surface area is 132 Å². The lowest BCUT2D eigenvalue weighted by Gasteiger charge is -2.11. The molecule has 5 heteroatoms. The van der Waals surface area contributed by atoms with Crippen LogP contribution in [-0.4, -0.2) is 8.42 Å². The summed E-state index contributed by atoms with van der Waals surface area (Å²) in [5.41, 5.74) is 2.94. The van der Waals surface area contributed by atoms with Gasteiger partial charge in [-0.15, -0.1) is 6.58 Å². The van der Waals surface area contributed by atoms with E-state index < -0.39 is 10.2 Å². The van der Waals surface area contributed by atoms with Crippen LogP contribution in [0, 0.1) is 0 Å². The number of nitrogens with one attached hydrogen (secondary N) is 2. The molecule has 116 valence electrons. The topological polar surface area (TPSA) is 58.2 Å². The zero-order valence-electron chi connectivity index (χ0n) is 12.3. The Morgan fingerprint density at radius 2 is 1.45 bits per heavy atom. The summed E-state index contributed by atoms with van der Waals surface area (Å²) >= 11 is 0. The van der Waals surface area contributed by atoms with Crippen molar-refractivity contribution in [1.82, 2.24) is 9.44 Å². The van der Waals surface area contributed by atoms with Crippen LogP contribution in [0.5, 0.6) is 0 Å². The van der Waals surface area contributed by atoms with Gasteiger partial charge in [-0.3, -0.25) is 0 Å². The van der Waals surface area contributed by atoms with Gasteiger partial charge in [0, 0.05) is 13.1 Å². The highest BCUT2D eigenvalue weighted by molar-refractivity contribution is 7.87. The third kappa shape index (κ3) is 5.11. The van der Waals surface area contributed by atoms with E-state index in [-0.39, 0.29) is 13.1 Å². The molecule has 22 heavy (non-hydrogen) atoms. The van der Waals surface area contributed by atoms with E-state index >= 15 is 0 Å². The summed E-state index contributed by atoms with van der Waals surface area (Å²) in [6.45, 7) is 4.24. The molecule has 0 bridgehead atoms. The van der Waals surface area contributed by atoms with Gasteiger partial charge >= 0.3 is 0 Å². The molecule has 2 aromatic carbocycles. The van der Waals surface area contributed by atoms with E-state index in [1.165, 1.54) is 0 Å². The molecule has 0 spiro atoms. The number of hydrogen-bond acceptors (Lipinski definition) is 2. The number of hydrogen-bond donors (Lipinski definition) is 2. The Morgan fingerprint density at radius 1 is 0.864 bits per heavy atom. The lowest BCUT2D eigenvalue weighted by Crippen LogP contribution is -2.35. The highest BCUT2D eigenvalue weighted by Crippen LogP contribution is 2.10. The van der Waals surface area contributed by atoms with Crippen molar-refractivity contribution in [2.24, 2.45) is 0 Å². The molecule has 0 heterocycles. The van der Waals surface area contributed by atoms with Gasteiger partial charge in [-0.25, -0.2) is 0 Å². The lowest BCUT2D eigenvalue weighted by molar-refractivity contribution is 0.565. The van der Waals surface area contributed by atoms with Crippen molar-refractivity contribution < 1.29 is 8.42 Å². The van der Waals surface area contributed by atoms with Crippen molar-refractivity contribution in [2.75, 3.05) is 0 Å². The summed E-state index contributed by atoms with van der Waals surface area (Å²) in [7, 11) is -3.54. The predicted octanol–water partition coefficient (Wildman–Crippen LogP) is 2.54. The molecule has 0 aliphatic carbocycles. The largest absolute Gasteiger partial charge is 0.277 e. The lowest BCUT2D eigenvalue weighted by atomic mass is 10.1. The van der Waals surface area contributed by atoms with Gasteiger partial charge in [-0.2, -0.15) is 17.9 Å². The fraction of sp³-hybridized carbons (Fsp3) is 0.176. The van der Waals surface area contributed by atoms with Gasteiger partial charge in [-0.1, -0.05) is 60.7 Å². The van der Waals surface area contributed by atoms with Crippen molar-refractivity contribution in [3.05, 3.63) is 83.9 Å². The van der Waals surface area contributed by atoms with E-state index in [0.29, 0.717) is 0 Å². The van der Waals surface area contributed by atoms with Crippen molar-refractivity contribution in [1.29, 1.82) is 0 Å². The average Bonchev–Trinajstić information content (AvgIpc) is 2.54. The average molecular weight is 316 g/mol. The molecular weight excluding hydrogens is 296 g/mol. The third-order valence-electron chi connectivity index (χ3n) is 3.24. The highest BCUT2D eigenvalue weighted by Gasteiger charge is 2.10. The molecule has 0 atom stereocenters. The van der Waals surface area contributed by atoms with Crippen LogP contribution in [0.25, 0.3) is 0 Å². The molecule has 0 aliphatic rings. The summed E-state index contributed by atoms with van der Waals surface area (Å²) in [5, 5.41) is 0. The second-order valence-electron chi connectivity index (χ2n) is 4.89. The quantitative estimate of drug-likeness (QED) is 0.735. The SMILES string of the molecule is C=CCc1ccccc1CNS(=O)(=O)NCc1ccccc1. The normalized spacial score (nSPS) is 11.3. The first kappa shape index (κ1) is 16.4. The van der Waals surface area contributed by atoms with Crippen LogP contribution in [0.1, 0.15) is 16.7 Å². The molecular formula is C17H20N2O2S. The third-order valence-corrected chi connectivity index (χ3v) is 4.29. The fourth-order valence-electron chi connectivity index (χ4n) is 2.08. The van der Waals surface area contributed by atoms with Crippen LogP contribution in [0.4, 0.5) is 0 Å². The number of benzene rings is 2. The molecule has 0 saturated carbocycles. The van der Waals surface area contributed by atoms with E-state index in [1.807, 2.05) is 54.6 Å². The molecule has 4 nitrogen and oxygen atoms in total. The maximum absolute atomic E-state index is 12.0. The Morgan fingerprint density at radius 3 is 2.14 bits per heavy atom. The number of allylic oxidation sites excluding steroid dienone is 1. The van der Waals surface area contributed by atoms with Gasteiger partial charge in [0.1, 0.15) is 0 Å². The van der Waals surface area contributed by atoms with Gasteiger partial charge in [0.15, 0.2) is 0 Å². The minimum Gasteiger partial charge on any atom is -0.198 e. The molecule has 0 aromatic heterocycles. The predicted molar refractivity (Wildman–Crippen MR) is 89.4 cm³/mol. The van der Waals surface area contributed by atoms with Crippen LogP contribution < -0.4 is 9.44 Å². The van der Waals surface area contributed by atoms with Gasteiger partial charge in [0.2, 0.25) is 0 Å². The van der Waals surface area contributed by atoms with E-state index in [0.717, 1.165) is 23.1 Å². The molecule has 2 aromatic rings. The molecule has 2 rings (SSSR count). The summed E-state index contributed by atoms with van der Waals surface area (Å²) in [6.07, 6.45) is 2.52. The molecule has 0 fully saturated rings. The molecule has 0 saturated heterocycles. The highest BCUT2D eigenvalue weighted by atomic mass is 32.2. The Kier molecular flexibility index (Phi) is 5.89. The zero-order valence-corrected chi connectivity index (χ0v) is 13.1. The monoisotopic (exact) mass is 316 g/mol. The van der Waals surface area contributed by atoms with E-state index in [9.17, 15) is 8.42 Å². The van der Waals surface area contributed by atoms with Crippen molar-refractivity contribution in [3.63, 3.8) is 0 Å². The van der Waals surface area contributed by atoms with Crippen LogP contribution in [0.15, 0.2) is 67.3 Å². The fourth-order valence-corrected chi connectivity index (χ4v) is 2.89. The second-order valence-corrected chi connectivity index (χ2v) is 6.48. The first-order valence-corrected chi connectivity index (χ1v) is 8.55. The van der Waals surface area contributed by atoms with Gasteiger partial charge in [0.05, 0.1) is 0 Å². The maximum atomic E-state index is 12.0. The molecule has 2 N–H and O–H groups in total. The van der Waals surface area contributed by atoms with Crippen LogP contribution in [0.2, 0.25) is 0 Å². The Hall–Kier alpha value is -1.95. The summed E-state index contributed by atoms with van der Waals surface area (Å²) in [6, 6.07) is 17.1. The molecule has 0 aliphatic heterocycles. The Balaban J connectivity index is 1.94. The summed E-state index contributed by atoms with van der Waals surface area (Å²) in [4.78, 5) is 0.